The molecule has 0 unspecified atom stereocenters. The standard InChI is InChI=1S/C13H14FNO4S/c1-9-11(14)7-10(13(16)17)8-12(9)20(18,19)6-4-2-3-5-15/h7-8H,2-4,6H2,1H3,(H,16,17). The number of sulfone groups is 1. The summed E-state index contributed by atoms with van der Waals surface area (Å²) in [5.74, 6) is -2.48. The fourth-order valence-corrected chi connectivity index (χ4v) is 3.38. The first-order valence-electron chi connectivity index (χ1n) is 5.92. The fourth-order valence-electron chi connectivity index (χ4n) is 1.71. The van der Waals surface area contributed by atoms with Crippen molar-refractivity contribution in [3.8, 4) is 6.07 Å². The van der Waals surface area contributed by atoms with Crippen molar-refractivity contribution >= 4 is 15.8 Å². The molecule has 5 nitrogen and oxygen atoms in total. The number of hydrogen-bond acceptors (Lipinski definition) is 4. The highest BCUT2D eigenvalue weighted by Gasteiger charge is 2.21. The van der Waals surface area contributed by atoms with Crippen molar-refractivity contribution in [2.24, 2.45) is 0 Å². The normalized spacial score (nSPS) is 11.1. The minimum absolute atomic E-state index is 0.0877. The highest BCUT2D eigenvalue weighted by Crippen LogP contribution is 2.22. The summed E-state index contributed by atoms with van der Waals surface area (Å²) in [5.41, 5.74) is -0.487. The molecule has 0 amide bonds. The number of nitriles is 1. The van der Waals surface area contributed by atoms with E-state index < -0.39 is 27.2 Å². The van der Waals surface area contributed by atoms with E-state index in [0.717, 1.165) is 12.1 Å². The highest BCUT2D eigenvalue weighted by molar-refractivity contribution is 7.91. The SMILES string of the molecule is Cc1c(F)cc(C(=O)O)cc1S(=O)(=O)CCCCC#N. The van der Waals surface area contributed by atoms with Crippen LogP contribution in [0, 0.1) is 24.1 Å². The van der Waals surface area contributed by atoms with E-state index in [4.69, 9.17) is 10.4 Å². The summed E-state index contributed by atoms with van der Waals surface area (Å²) < 4.78 is 37.8. The first-order chi connectivity index (χ1) is 9.29. The Morgan fingerprint density at radius 2 is 2.05 bits per heavy atom. The summed E-state index contributed by atoms with van der Waals surface area (Å²) in [6.45, 7) is 1.29. The van der Waals surface area contributed by atoms with Crippen LogP contribution in [0.2, 0.25) is 0 Å². The van der Waals surface area contributed by atoms with E-state index in [1.807, 2.05) is 6.07 Å². The van der Waals surface area contributed by atoms with E-state index in [-0.39, 0.29) is 29.1 Å². The Morgan fingerprint density at radius 3 is 2.60 bits per heavy atom. The Balaban J connectivity index is 3.11. The Labute approximate surface area is 116 Å². The van der Waals surface area contributed by atoms with E-state index in [1.54, 1.807) is 0 Å². The van der Waals surface area contributed by atoms with Gasteiger partial charge in [0.15, 0.2) is 9.84 Å². The molecule has 7 heteroatoms. The van der Waals surface area contributed by atoms with E-state index in [2.05, 4.69) is 0 Å². The average Bonchev–Trinajstić information content (AvgIpc) is 2.37. The molecule has 0 aliphatic rings. The highest BCUT2D eigenvalue weighted by atomic mass is 32.2. The molecule has 0 saturated carbocycles. The summed E-state index contributed by atoms with van der Waals surface area (Å²) in [7, 11) is -3.76. The zero-order valence-electron chi connectivity index (χ0n) is 10.9. The second-order valence-corrected chi connectivity index (χ2v) is 6.40. The molecule has 0 fully saturated rings. The second-order valence-electron chi connectivity index (χ2n) is 4.32. The third-order valence-corrected chi connectivity index (χ3v) is 4.75. The van der Waals surface area contributed by atoms with Crippen LogP contribution in [0.25, 0.3) is 0 Å². The Bertz CT molecular complexity index is 662. The fraction of sp³-hybridized carbons (Fsp3) is 0.385. The van der Waals surface area contributed by atoms with Crippen molar-refractivity contribution in [3.05, 3.63) is 29.1 Å². The third-order valence-electron chi connectivity index (χ3n) is 2.83. The summed E-state index contributed by atoms with van der Waals surface area (Å²) >= 11 is 0. The number of carboxylic acids is 1. The van der Waals surface area contributed by atoms with Gasteiger partial charge in [-0.05, 0) is 31.9 Å². The molecule has 0 heterocycles. The molecule has 0 aromatic heterocycles. The van der Waals surface area contributed by atoms with Crippen molar-refractivity contribution < 1.29 is 22.7 Å². The zero-order chi connectivity index (χ0) is 15.3. The molecule has 0 atom stereocenters. The van der Waals surface area contributed by atoms with Gasteiger partial charge in [0.25, 0.3) is 0 Å². The van der Waals surface area contributed by atoms with Crippen LogP contribution in [0.3, 0.4) is 0 Å². The minimum Gasteiger partial charge on any atom is -0.478 e. The van der Waals surface area contributed by atoms with E-state index >= 15 is 0 Å². The summed E-state index contributed by atoms with van der Waals surface area (Å²) in [6, 6.07) is 3.68. The average molecular weight is 299 g/mol. The van der Waals surface area contributed by atoms with Gasteiger partial charge in [-0.2, -0.15) is 5.26 Å². The predicted molar refractivity (Wildman–Crippen MR) is 69.6 cm³/mol. The summed E-state index contributed by atoms with van der Waals surface area (Å²) in [6.07, 6.45) is 0.947. The smallest absolute Gasteiger partial charge is 0.335 e. The number of aromatic carboxylic acids is 1. The molecule has 0 aliphatic carbocycles. The number of rotatable bonds is 6. The Morgan fingerprint density at radius 1 is 1.40 bits per heavy atom. The molecule has 108 valence electrons. The lowest BCUT2D eigenvalue weighted by atomic mass is 10.1. The molecule has 0 radical (unpaired) electrons. The van der Waals surface area contributed by atoms with Crippen LogP contribution in [0.1, 0.15) is 35.2 Å². The van der Waals surface area contributed by atoms with E-state index in [9.17, 15) is 17.6 Å². The maximum Gasteiger partial charge on any atom is 0.335 e. The van der Waals surface area contributed by atoms with Crippen LogP contribution in [0.4, 0.5) is 4.39 Å². The lowest BCUT2D eigenvalue weighted by Crippen LogP contribution is -2.11. The van der Waals surface area contributed by atoms with Gasteiger partial charge >= 0.3 is 5.97 Å². The number of carboxylic acid groups (broad SMARTS) is 1. The number of nitrogens with zero attached hydrogens (tertiary/aromatic N) is 1. The number of carbonyl (C=O) groups is 1. The quantitative estimate of drug-likeness (QED) is 0.813. The molecular weight excluding hydrogens is 285 g/mol. The number of halogens is 1. The van der Waals surface area contributed by atoms with Crippen LogP contribution >= 0.6 is 0 Å². The largest absolute Gasteiger partial charge is 0.478 e. The predicted octanol–water partition coefficient (Wildman–Crippen LogP) is 2.30. The summed E-state index contributed by atoms with van der Waals surface area (Å²) in [4.78, 5) is 10.5. The van der Waals surface area contributed by atoms with Crippen LogP contribution in [-0.4, -0.2) is 25.2 Å². The van der Waals surface area contributed by atoms with Gasteiger partial charge in [-0.25, -0.2) is 17.6 Å². The van der Waals surface area contributed by atoms with Gasteiger partial charge in [-0.15, -0.1) is 0 Å². The van der Waals surface area contributed by atoms with E-state index in [0.29, 0.717) is 6.42 Å². The van der Waals surface area contributed by atoms with E-state index in [1.165, 1.54) is 6.92 Å². The van der Waals surface area contributed by atoms with Gasteiger partial charge in [0.1, 0.15) is 5.82 Å². The molecule has 1 rings (SSSR count). The Kier molecular flexibility index (Phi) is 5.22. The van der Waals surface area contributed by atoms with Crippen LogP contribution < -0.4 is 0 Å². The van der Waals surface area contributed by atoms with Crippen molar-refractivity contribution in [2.75, 3.05) is 5.75 Å². The van der Waals surface area contributed by atoms with Crippen molar-refractivity contribution in [1.29, 1.82) is 5.26 Å². The number of hydrogen-bond donors (Lipinski definition) is 1. The van der Waals surface area contributed by atoms with Crippen LogP contribution in [-0.2, 0) is 9.84 Å². The molecule has 0 bridgehead atoms. The van der Waals surface area contributed by atoms with Crippen molar-refractivity contribution in [1.82, 2.24) is 0 Å². The number of unbranched alkanes of at least 4 members (excludes halogenated alkanes) is 2. The number of benzene rings is 1. The molecule has 0 spiro atoms. The van der Waals surface area contributed by atoms with Crippen molar-refractivity contribution in [2.45, 2.75) is 31.1 Å². The van der Waals surface area contributed by atoms with Crippen LogP contribution in [0.15, 0.2) is 17.0 Å². The second kappa shape index (κ2) is 6.48. The lowest BCUT2D eigenvalue weighted by molar-refractivity contribution is 0.0696. The lowest BCUT2D eigenvalue weighted by Gasteiger charge is -2.09. The third kappa shape index (κ3) is 3.78. The van der Waals surface area contributed by atoms with Gasteiger partial charge < -0.3 is 5.11 Å². The minimum atomic E-state index is -3.76. The maximum atomic E-state index is 13.6. The van der Waals surface area contributed by atoms with Gasteiger partial charge in [0.2, 0.25) is 0 Å². The van der Waals surface area contributed by atoms with Crippen LogP contribution in [0.5, 0.6) is 0 Å². The Hall–Kier alpha value is -1.94. The molecule has 1 N–H and O–H groups in total. The molecule has 1 aromatic rings. The molecule has 1 aromatic carbocycles. The first-order valence-corrected chi connectivity index (χ1v) is 7.58. The maximum absolute atomic E-state index is 13.6. The molecule has 20 heavy (non-hydrogen) atoms. The molecule has 0 aliphatic heterocycles. The zero-order valence-corrected chi connectivity index (χ0v) is 11.7. The van der Waals surface area contributed by atoms with Gasteiger partial charge in [0, 0.05) is 12.0 Å². The topological polar surface area (TPSA) is 95.2 Å². The van der Waals surface area contributed by atoms with Gasteiger partial charge in [-0.3, -0.25) is 0 Å². The summed E-state index contributed by atoms with van der Waals surface area (Å²) in [5, 5.41) is 17.2. The molecular formula is C13H14FNO4S. The first kappa shape index (κ1) is 16.1. The van der Waals surface area contributed by atoms with Gasteiger partial charge in [-0.1, -0.05) is 0 Å². The van der Waals surface area contributed by atoms with Crippen molar-refractivity contribution in [3.63, 3.8) is 0 Å². The molecule has 0 saturated heterocycles. The monoisotopic (exact) mass is 299 g/mol. The van der Waals surface area contributed by atoms with Gasteiger partial charge in [0.05, 0.1) is 22.3 Å².